The number of carbonyl (C=O) groups excluding carboxylic acids is 2. The van der Waals surface area contributed by atoms with Crippen molar-refractivity contribution in [3.8, 4) is 5.75 Å². The number of nitrogens with one attached hydrogen (secondary N) is 3. The first kappa shape index (κ1) is 18.7. The van der Waals surface area contributed by atoms with Gasteiger partial charge in [-0.05, 0) is 56.0 Å². The average Bonchev–Trinajstić information content (AvgIpc) is 3.46. The van der Waals surface area contributed by atoms with Gasteiger partial charge in [0.2, 0.25) is 5.91 Å². The second kappa shape index (κ2) is 7.82. The van der Waals surface area contributed by atoms with Crippen molar-refractivity contribution in [2.45, 2.75) is 38.0 Å². The summed E-state index contributed by atoms with van der Waals surface area (Å²) in [5.74, 6) is 2.04. The number of nitrogens with zero attached hydrogens (tertiary/aromatic N) is 1. The van der Waals surface area contributed by atoms with Gasteiger partial charge >= 0.3 is 0 Å². The number of hydrogen-bond acceptors (Lipinski definition) is 4. The van der Waals surface area contributed by atoms with Gasteiger partial charge < -0.3 is 20.4 Å². The van der Waals surface area contributed by atoms with E-state index in [1.165, 1.54) is 19.3 Å². The fourth-order valence-corrected chi connectivity index (χ4v) is 3.58. The maximum Gasteiger partial charge on any atom is 0.262 e. The third kappa shape index (κ3) is 4.15. The number of fused-ring (bicyclic) bond motifs is 1. The van der Waals surface area contributed by atoms with Crippen molar-refractivity contribution in [2.24, 2.45) is 5.92 Å². The van der Waals surface area contributed by atoms with Gasteiger partial charge in [-0.2, -0.15) is 0 Å². The van der Waals surface area contributed by atoms with Crippen LogP contribution in [0.1, 0.15) is 43.8 Å². The van der Waals surface area contributed by atoms with Gasteiger partial charge in [0.25, 0.3) is 5.91 Å². The molecule has 5 rings (SSSR count). The highest BCUT2D eigenvalue weighted by atomic mass is 16.5. The van der Waals surface area contributed by atoms with Crippen molar-refractivity contribution >= 4 is 34.2 Å². The molecule has 0 unspecified atom stereocenters. The van der Waals surface area contributed by atoms with Gasteiger partial charge in [-0.15, -0.1) is 0 Å². The Morgan fingerprint density at radius 3 is 2.63 bits per heavy atom. The molecule has 2 aromatic carbocycles. The van der Waals surface area contributed by atoms with Gasteiger partial charge in [-0.25, -0.2) is 4.98 Å². The number of hydrogen-bond donors (Lipinski definition) is 3. The van der Waals surface area contributed by atoms with Crippen LogP contribution in [0.2, 0.25) is 0 Å². The Labute approximate surface area is 174 Å². The summed E-state index contributed by atoms with van der Waals surface area (Å²) in [6, 6.07) is 12.8. The van der Waals surface area contributed by atoms with Crippen molar-refractivity contribution in [3.05, 3.63) is 48.3 Å². The fourth-order valence-electron chi connectivity index (χ4n) is 3.58. The summed E-state index contributed by atoms with van der Waals surface area (Å²) >= 11 is 0. The Morgan fingerprint density at radius 1 is 1.03 bits per heavy atom. The molecule has 2 aliphatic carbocycles. The predicted molar refractivity (Wildman–Crippen MR) is 115 cm³/mol. The van der Waals surface area contributed by atoms with Crippen molar-refractivity contribution in [2.75, 3.05) is 17.2 Å². The lowest BCUT2D eigenvalue weighted by molar-refractivity contribution is -0.118. The Kier molecular flexibility index (Phi) is 4.86. The minimum Gasteiger partial charge on any atom is -0.484 e. The molecule has 0 radical (unpaired) electrons. The first-order chi connectivity index (χ1) is 14.6. The van der Waals surface area contributed by atoms with Gasteiger partial charge in [0, 0.05) is 29.3 Å². The van der Waals surface area contributed by atoms with E-state index in [0.717, 1.165) is 29.7 Å². The number of carbonyl (C=O) groups is 2. The topological polar surface area (TPSA) is 96.1 Å². The van der Waals surface area contributed by atoms with E-state index in [4.69, 9.17) is 4.74 Å². The number of H-pyrrole nitrogens is 1. The van der Waals surface area contributed by atoms with Crippen LogP contribution in [0.4, 0.5) is 11.4 Å². The minimum absolute atomic E-state index is 0.0413. The molecule has 0 atom stereocenters. The van der Waals surface area contributed by atoms with E-state index in [-0.39, 0.29) is 24.3 Å². The van der Waals surface area contributed by atoms with E-state index in [9.17, 15) is 9.59 Å². The van der Waals surface area contributed by atoms with E-state index >= 15 is 0 Å². The zero-order valence-electron chi connectivity index (χ0n) is 16.6. The Balaban J connectivity index is 1.17. The number of imidazole rings is 1. The van der Waals surface area contributed by atoms with Gasteiger partial charge in [0.05, 0.1) is 11.0 Å². The highest BCUT2D eigenvalue weighted by Crippen LogP contribution is 2.35. The average molecular weight is 404 g/mol. The number of aromatic nitrogens is 2. The third-order valence-corrected chi connectivity index (χ3v) is 5.70. The molecule has 7 heteroatoms. The predicted octanol–water partition coefficient (Wildman–Crippen LogP) is 4.20. The number of ether oxygens (including phenoxy) is 1. The molecule has 1 aromatic heterocycles. The zero-order chi connectivity index (χ0) is 20.5. The number of anilines is 2. The van der Waals surface area contributed by atoms with Crippen molar-refractivity contribution in [1.82, 2.24) is 9.97 Å². The van der Waals surface area contributed by atoms with Crippen LogP contribution in [-0.4, -0.2) is 28.4 Å². The van der Waals surface area contributed by atoms with E-state index in [1.807, 2.05) is 24.3 Å². The van der Waals surface area contributed by atoms with Crippen LogP contribution in [0.3, 0.4) is 0 Å². The maximum absolute atomic E-state index is 12.3. The number of aromatic amines is 1. The van der Waals surface area contributed by atoms with Crippen molar-refractivity contribution in [1.29, 1.82) is 0 Å². The largest absolute Gasteiger partial charge is 0.484 e. The molecule has 7 nitrogen and oxygen atoms in total. The van der Waals surface area contributed by atoms with Crippen LogP contribution in [0.15, 0.2) is 42.5 Å². The Morgan fingerprint density at radius 2 is 1.87 bits per heavy atom. The van der Waals surface area contributed by atoms with Crippen LogP contribution < -0.4 is 15.4 Å². The molecule has 1 heterocycles. The molecule has 3 aromatic rings. The normalized spacial score (nSPS) is 16.1. The zero-order valence-corrected chi connectivity index (χ0v) is 16.6. The molecule has 2 amide bonds. The van der Waals surface area contributed by atoms with Gasteiger partial charge in [-0.3, -0.25) is 9.59 Å². The van der Waals surface area contributed by atoms with E-state index in [0.29, 0.717) is 23.0 Å². The monoisotopic (exact) mass is 404 g/mol. The van der Waals surface area contributed by atoms with Gasteiger partial charge in [0.1, 0.15) is 11.6 Å². The molecule has 2 aliphatic rings. The smallest absolute Gasteiger partial charge is 0.262 e. The quantitative estimate of drug-likeness (QED) is 0.550. The fraction of sp³-hybridized carbons (Fsp3) is 0.348. The van der Waals surface area contributed by atoms with Crippen LogP contribution in [0, 0.1) is 5.92 Å². The minimum atomic E-state index is -0.250. The molecule has 154 valence electrons. The first-order valence-corrected chi connectivity index (χ1v) is 10.5. The lowest BCUT2D eigenvalue weighted by Gasteiger charge is -2.22. The molecule has 0 bridgehead atoms. The number of amides is 2. The Bertz CT molecular complexity index is 1100. The van der Waals surface area contributed by atoms with E-state index in [2.05, 4.69) is 20.6 Å². The van der Waals surface area contributed by atoms with Crippen LogP contribution in [-0.2, 0) is 9.59 Å². The molecule has 3 N–H and O–H groups in total. The van der Waals surface area contributed by atoms with E-state index < -0.39 is 0 Å². The lowest BCUT2D eigenvalue weighted by Crippen LogP contribution is -2.20. The molecule has 2 saturated carbocycles. The van der Waals surface area contributed by atoms with Crippen LogP contribution in [0.25, 0.3) is 11.0 Å². The van der Waals surface area contributed by atoms with E-state index in [1.54, 1.807) is 18.2 Å². The highest BCUT2D eigenvalue weighted by Gasteiger charge is 2.29. The third-order valence-electron chi connectivity index (χ3n) is 5.70. The highest BCUT2D eigenvalue weighted by molar-refractivity contribution is 5.95. The standard InChI is InChI=1S/C23H24N4O3/c28-21(13-30-18-6-2-5-16(11-18)25-23(29)15-7-8-15)24-17-9-10-19-20(12-17)27-22(26-19)14-3-1-4-14/h2,5-6,9-12,14-15H,1,3-4,7-8,13H2,(H,24,28)(H,25,29)(H,26,27). The Hall–Kier alpha value is -3.35. The molecule has 0 aliphatic heterocycles. The summed E-state index contributed by atoms with van der Waals surface area (Å²) in [6.07, 6.45) is 5.54. The molecule has 2 fully saturated rings. The molecular weight excluding hydrogens is 380 g/mol. The molecule has 0 saturated heterocycles. The van der Waals surface area contributed by atoms with Gasteiger partial charge in [-0.1, -0.05) is 12.5 Å². The van der Waals surface area contributed by atoms with Crippen molar-refractivity contribution in [3.63, 3.8) is 0 Å². The van der Waals surface area contributed by atoms with Crippen molar-refractivity contribution < 1.29 is 14.3 Å². The summed E-state index contributed by atoms with van der Waals surface area (Å²) in [6.45, 7) is -0.117. The summed E-state index contributed by atoms with van der Waals surface area (Å²) in [7, 11) is 0. The molecular formula is C23H24N4O3. The second-order valence-electron chi connectivity index (χ2n) is 8.11. The molecule has 0 spiro atoms. The second-order valence-corrected chi connectivity index (χ2v) is 8.11. The molecule has 30 heavy (non-hydrogen) atoms. The summed E-state index contributed by atoms with van der Waals surface area (Å²) in [4.78, 5) is 32.2. The summed E-state index contributed by atoms with van der Waals surface area (Å²) in [5, 5.41) is 5.74. The van der Waals surface area contributed by atoms with Gasteiger partial charge in [0.15, 0.2) is 6.61 Å². The number of rotatable bonds is 7. The first-order valence-electron chi connectivity index (χ1n) is 10.5. The SMILES string of the molecule is O=C(COc1cccc(NC(=O)C2CC2)c1)Nc1ccc2nc(C3CCC3)[nH]c2c1. The van der Waals surface area contributed by atoms with Crippen LogP contribution in [0.5, 0.6) is 5.75 Å². The lowest BCUT2D eigenvalue weighted by atomic mass is 9.85. The van der Waals surface area contributed by atoms with Crippen LogP contribution >= 0.6 is 0 Å². The number of benzene rings is 2. The summed E-state index contributed by atoms with van der Waals surface area (Å²) in [5.41, 5.74) is 3.22. The maximum atomic E-state index is 12.3. The summed E-state index contributed by atoms with van der Waals surface area (Å²) < 4.78 is 5.60.